The van der Waals surface area contributed by atoms with Crippen molar-refractivity contribution in [3.63, 3.8) is 0 Å². The van der Waals surface area contributed by atoms with Crippen LogP contribution in [0.25, 0.3) is 11.4 Å². The molecule has 8 heteroatoms. The van der Waals surface area contributed by atoms with Crippen LogP contribution in [0.3, 0.4) is 0 Å². The van der Waals surface area contributed by atoms with Crippen LogP contribution in [0, 0.1) is 0 Å². The van der Waals surface area contributed by atoms with Gasteiger partial charge in [0.1, 0.15) is 5.82 Å². The average Bonchev–Trinajstić information content (AvgIpc) is 2.84. The number of rotatable bonds is 3. The van der Waals surface area contributed by atoms with Crippen LogP contribution in [0.4, 0.5) is 5.82 Å². The van der Waals surface area contributed by atoms with Gasteiger partial charge >= 0.3 is 0 Å². The highest BCUT2D eigenvalue weighted by Crippen LogP contribution is 2.30. The fraction of sp³-hybridized carbons (Fsp3) is 0.318. The Morgan fingerprint density at radius 2 is 1.80 bits per heavy atom. The van der Waals surface area contributed by atoms with E-state index in [4.69, 9.17) is 14.7 Å². The summed E-state index contributed by atoms with van der Waals surface area (Å²) >= 11 is 0. The van der Waals surface area contributed by atoms with E-state index in [1.807, 2.05) is 17.0 Å². The quantitative estimate of drug-likeness (QED) is 0.662. The SMILES string of the molecule is O=C(c1cccnc1)N1CCc2nc(-c3ccncc3)nc(N3CCOCC3)c2C1. The summed E-state index contributed by atoms with van der Waals surface area (Å²) in [5.74, 6) is 1.59. The molecule has 5 rings (SSSR count). The lowest BCUT2D eigenvalue weighted by Gasteiger charge is -2.34. The van der Waals surface area contributed by atoms with Crippen molar-refractivity contribution in [3.05, 3.63) is 65.9 Å². The van der Waals surface area contributed by atoms with Gasteiger partial charge in [-0.15, -0.1) is 0 Å². The molecule has 0 atom stereocenters. The Kier molecular flexibility index (Phi) is 5.06. The Bertz CT molecular complexity index is 1040. The number of ether oxygens (including phenoxy) is 1. The third-order valence-electron chi connectivity index (χ3n) is 5.48. The molecule has 0 aromatic carbocycles. The molecule has 152 valence electrons. The largest absolute Gasteiger partial charge is 0.378 e. The van der Waals surface area contributed by atoms with Crippen molar-refractivity contribution in [2.24, 2.45) is 0 Å². The van der Waals surface area contributed by atoms with Gasteiger partial charge < -0.3 is 14.5 Å². The van der Waals surface area contributed by atoms with Gasteiger partial charge in [-0.25, -0.2) is 9.97 Å². The number of hydrogen-bond donors (Lipinski definition) is 0. The second-order valence-electron chi connectivity index (χ2n) is 7.35. The molecule has 30 heavy (non-hydrogen) atoms. The summed E-state index contributed by atoms with van der Waals surface area (Å²) < 4.78 is 5.53. The van der Waals surface area contributed by atoms with Crippen molar-refractivity contribution < 1.29 is 9.53 Å². The molecule has 1 saturated heterocycles. The topological polar surface area (TPSA) is 84.3 Å². The number of aromatic nitrogens is 4. The summed E-state index contributed by atoms with van der Waals surface area (Å²) in [4.78, 5) is 35.1. The van der Waals surface area contributed by atoms with E-state index in [0.717, 1.165) is 35.7 Å². The lowest BCUT2D eigenvalue weighted by atomic mass is 10.0. The van der Waals surface area contributed by atoms with Gasteiger partial charge in [0, 0.05) is 62.0 Å². The molecular formula is C22H22N6O2. The first kappa shape index (κ1) is 18.6. The zero-order valence-corrected chi connectivity index (χ0v) is 16.6. The van der Waals surface area contributed by atoms with Gasteiger partial charge in [-0.2, -0.15) is 0 Å². The molecule has 0 aliphatic carbocycles. The number of morpholine rings is 1. The Hall–Kier alpha value is -3.39. The second kappa shape index (κ2) is 8.16. The average molecular weight is 402 g/mol. The van der Waals surface area contributed by atoms with E-state index in [2.05, 4.69) is 14.9 Å². The standard InChI is InChI=1S/C22H22N6O2/c29-22(17-2-1-6-24-14-17)28-9-5-19-18(15-28)21(27-10-12-30-13-11-27)26-20(25-19)16-3-7-23-8-4-16/h1-4,6-8,14H,5,9-13,15H2. The van der Waals surface area contributed by atoms with Crippen LogP contribution < -0.4 is 4.90 Å². The smallest absolute Gasteiger partial charge is 0.255 e. The molecule has 3 aromatic rings. The van der Waals surface area contributed by atoms with E-state index in [9.17, 15) is 4.79 Å². The molecule has 8 nitrogen and oxygen atoms in total. The number of nitrogens with zero attached hydrogens (tertiary/aromatic N) is 6. The van der Waals surface area contributed by atoms with E-state index in [1.165, 1.54) is 0 Å². The van der Waals surface area contributed by atoms with Crippen LogP contribution in [-0.4, -0.2) is 63.6 Å². The van der Waals surface area contributed by atoms with Crippen LogP contribution >= 0.6 is 0 Å². The van der Waals surface area contributed by atoms with Crippen LogP contribution in [-0.2, 0) is 17.7 Å². The predicted molar refractivity (Wildman–Crippen MR) is 111 cm³/mol. The lowest BCUT2D eigenvalue weighted by Crippen LogP contribution is -2.41. The number of anilines is 1. The van der Waals surface area contributed by atoms with E-state index < -0.39 is 0 Å². The highest BCUT2D eigenvalue weighted by Gasteiger charge is 2.29. The molecule has 0 bridgehead atoms. The van der Waals surface area contributed by atoms with Crippen molar-refractivity contribution in [1.82, 2.24) is 24.8 Å². The third-order valence-corrected chi connectivity index (χ3v) is 5.48. The van der Waals surface area contributed by atoms with Gasteiger partial charge in [-0.3, -0.25) is 14.8 Å². The number of amides is 1. The molecule has 1 fully saturated rings. The maximum Gasteiger partial charge on any atom is 0.255 e. The Labute approximate surface area is 174 Å². The number of pyridine rings is 2. The van der Waals surface area contributed by atoms with Crippen LogP contribution in [0.2, 0.25) is 0 Å². The summed E-state index contributed by atoms with van der Waals surface area (Å²) in [6, 6.07) is 7.43. The maximum absolute atomic E-state index is 13.0. The van der Waals surface area contributed by atoms with Crippen molar-refractivity contribution >= 4 is 11.7 Å². The van der Waals surface area contributed by atoms with E-state index in [1.54, 1.807) is 36.9 Å². The number of hydrogen-bond acceptors (Lipinski definition) is 7. The first-order valence-corrected chi connectivity index (χ1v) is 10.1. The summed E-state index contributed by atoms with van der Waals surface area (Å²) in [6.45, 7) is 4.00. The lowest BCUT2D eigenvalue weighted by molar-refractivity contribution is 0.0732. The molecule has 1 amide bonds. The number of fused-ring (bicyclic) bond motifs is 1. The second-order valence-corrected chi connectivity index (χ2v) is 7.35. The van der Waals surface area contributed by atoms with E-state index >= 15 is 0 Å². The minimum atomic E-state index is -0.0140. The fourth-order valence-corrected chi connectivity index (χ4v) is 3.91. The first-order chi connectivity index (χ1) is 14.8. The van der Waals surface area contributed by atoms with Gasteiger partial charge in [0.05, 0.1) is 31.0 Å². The Balaban J connectivity index is 1.53. The molecule has 0 saturated carbocycles. The molecule has 3 aromatic heterocycles. The minimum absolute atomic E-state index is 0.0140. The first-order valence-electron chi connectivity index (χ1n) is 10.1. The number of carbonyl (C=O) groups excluding carboxylic acids is 1. The van der Waals surface area contributed by atoms with Gasteiger partial charge in [-0.05, 0) is 24.3 Å². The van der Waals surface area contributed by atoms with Crippen LogP contribution in [0.15, 0.2) is 49.1 Å². The maximum atomic E-state index is 13.0. The van der Waals surface area contributed by atoms with Gasteiger partial charge in [0.15, 0.2) is 5.82 Å². The van der Waals surface area contributed by atoms with Crippen LogP contribution in [0.5, 0.6) is 0 Å². The van der Waals surface area contributed by atoms with E-state index in [0.29, 0.717) is 44.1 Å². The van der Waals surface area contributed by atoms with Gasteiger partial charge in [0.2, 0.25) is 0 Å². The molecule has 2 aliphatic rings. The van der Waals surface area contributed by atoms with Crippen LogP contribution in [0.1, 0.15) is 21.6 Å². The molecule has 0 unspecified atom stereocenters. The molecule has 5 heterocycles. The van der Waals surface area contributed by atoms with Gasteiger partial charge in [-0.1, -0.05) is 0 Å². The summed E-state index contributed by atoms with van der Waals surface area (Å²) in [5, 5.41) is 0. The third kappa shape index (κ3) is 3.61. The molecule has 0 radical (unpaired) electrons. The molecule has 2 aliphatic heterocycles. The summed E-state index contributed by atoms with van der Waals surface area (Å²) in [6.07, 6.45) is 7.48. The highest BCUT2D eigenvalue weighted by atomic mass is 16.5. The Morgan fingerprint density at radius 3 is 2.57 bits per heavy atom. The highest BCUT2D eigenvalue weighted by molar-refractivity contribution is 5.94. The normalized spacial score (nSPS) is 16.3. The van der Waals surface area contributed by atoms with E-state index in [-0.39, 0.29) is 5.91 Å². The zero-order valence-electron chi connectivity index (χ0n) is 16.6. The molecule has 0 spiro atoms. The fourth-order valence-electron chi connectivity index (χ4n) is 3.91. The van der Waals surface area contributed by atoms with Crippen molar-refractivity contribution in [3.8, 4) is 11.4 Å². The summed E-state index contributed by atoms with van der Waals surface area (Å²) in [7, 11) is 0. The minimum Gasteiger partial charge on any atom is -0.378 e. The number of carbonyl (C=O) groups is 1. The molecule has 0 N–H and O–H groups in total. The van der Waals surface area contributed by atoms with Crippen molar-refractivity contribution in [2.45, 2.75) is 13.0 Å². The zero-order chi connectivity index (χ0) is 20.3. The van der Waals surface area contributed by atoms with Gasteiger partial charge in [0.25, 0.3) is 5.91 Å². The molecular weight excluding hydrogens is 380 g/mol. The Morgan fingerprint density at radius 1 is 0.967 bits per heavy atom. The van der Waals surface area contributed by atoms with Crippen molar-refractivity contribution in [1.29, 1.82) is 0 Å². The van der Waals surface area contributed by atoms with Crippen molar-refractivity contribution in [2.75, 3.05) is 37.7 Å². The summed E-state index contributed by atoms with van der Waals surface area (Å²) in [5.41, 5.74) is 3.58. The monoisotopic (exact) mass is 402 g/mol. The predicted octanol–water partition coefficient (Wildman–Crippen LogP) is 1.97.